The van der Waals surface area contributed by atoms with E-state index in [0.29, 0.717) is 10.5 Å². The van der Waals surface area contributed by atoms with Crippen LogP contribution >= 0.6 is 39.5 Å². The number of aryl methyl sites for hydroxylation is 1. The number of aromatic nitrogens is 2. The summed E-state index contributed by atoms with van der Waals surface area (Å²) in [5, 5.41) is 16.5. The molecule has 4 unspecified atom stereocenters. The molecule has 0 amide bonds. The fourth-order valence-electron chi connectivity index (χ4n) is 2.21. The SMILES string of the molecule is CCCn1ncc(Br)c1C(O)C1CSC(C)C(C)S1. The van der Waals surface area contributed by atoms with Gasteiger partial charge in [-0.15, -0.1) is 0 Å². The van der Waals surface area contributed by atoms with Gasteiger partial charge in [0.05, 0.1) is 16.4 Å². The summed E-state index contributed by atoms with van der Waals surface area (Å²) >= 11 is 7.38. The van der Waals surface area contributed by atoms with E-state index in [1.807, 2.05) is 28.2 Å². The zero-order chi connectivity index (χ0) is 14.0. The Bertz CT molecular complexity index is 427. The van der Waals surface area contributed by atoms with Gasteiger partial charge in [0.1, 0.15) is 6.10 Å². The molecule has 4 atom stereocenters. The highest BCUT2D eigenvalue weighted by Gasteiger charge is 2.33. The van der Waals surface area contributed by atoms with Crippen molar-refractivity contribution in [3.05, 3.63) is 16.4 Å². The quantitative estimate of drug-likeness (QED) is 0.883. The second-order valence-electron chi connectivity index (χ2n) is 4.96. The van der Waals surface area contributed by atoms with Crippen LogP contribution in [0.15, 0.2) is 10.7 Å². The molecule has 0 spiro atoms. The molecule has 2 rings (SSSR count). The van der Waals surface area contributed by atoms with Crippen molar-refractivity contribution in [3.8, 4) is 0 Å². The topological polar surface area (TPSA) is 38.0 Å². The van der Waals surface area contributed by atoms with Gasteiger partial charge in [-0.2, -0.15) is 28.6 Å². The summed E-state index contributed by atoms with van der Waals surface area (Å²) in [6, 6.07) is 0. The molecule has 1 saturated heterocycles. The van der Waals surface area contributed by atoms with Gasteiger partial charge in [0.15, 0.2) is 0 Å². The average Bonchev–Trinajstić information content (AvgIpc) is 2.74. The summed E-state index contributed by atoms with van der Waals surface area (Å²) in [7, 11) is 0. The van der Waals surface area contributed by atoms with Crippen molar-refractivity contribution >= 4 is 39.5 Å². The molecule has 0 bridgehead atoms. The van der Waals surface area contributed by atoms with Crippen molar-refractivity contribution < 1.29 is 5.11 Å². The van der Waals surface area contributed by atoms with E-state index in [9.17, 15) is 5.11 Å². The zero-order valence-electron chi connectivity index (χ0n) is 11.5. The third-order valence-electron chi connectivity index (χ3n) is 3.47. The Hall–Kier alpha value is 0.350. The molecular weight excluding hydrogens is 344 g/mol. The summed E-state index contributed by atoms with van der Waals surface area (Å²) in [5.74, 6) is 1.00. The minimum atomic E-state index is -0.448. The number of thioether (sulfide) groups is 2. The molecule has 6 heteroatoms. The molecule has 19 heavy (non-hydrogen) atoms. The van der Waals surface area contributed by atoms with E-state index in [-0.39, 0.29) is 5.25 Å². The van der Waals surface area contributed by atoms with Crippen LogP contribution in [-0.4, -0.2) is 36.4 Å². The lowest BCUT2D eigenvalue weighted by Gasteiger charge is -2.34. The van der Waals surface area contributed by atoms with E-state index in [1.165, 1.54) is 0 Å². The smallest absolute Gasteiger partial charge is 0.109 e. The minimum Gasteiger partial charge on any atom is -0.386 e. The monoisotopic (exact) mass is 364 g/mol. The predicted molar refractivity (Wildman–Crippen MR) is 87.9 cm³/mol. The van der Waals surface area contributed by atoms with E-state index >= 15 is 0 Å². The van der Waals surface area contributed by atoms with Gasteiger partial charge in [-0.05, 0) is 22.4 Å². The first kappa shape index (κ1) is 15.7. The Balaban J connectivity index is 2.15. The van der Waals surface area contributed by atoms with E-state index < -0.39 is 6.10 Å². The number of aliphatic hydroxyl groups excluding tert-OH is 1. The summed E-state index contributed by atoms with van der Waals surface area (Å²) in [6.45, 7) is 7.50. The molecule has 1 aliphatic rings. The van der Waals surface area contributed by atoms with E-state index in [4.69, 9.17) is 0 Å². The number of halogens is 1. The normalized spacial score (nSPS) is 29.4. The van der Waals surface area contributed by atoms with Gasteiger partial charge >= 0.3 is 0 Å². The van der Waals surface area contributed by atoms with Crippen LogP contribution in [0.3, 0.4) is 0 Å². The van der Waals surface area contributed by atoms with Gasteiger partial charge in [-0.3, -0.25) is 4.68 Å². The molecule has 1 N–H and O–H groups in total. The first-order valence-electron chi connectivity index (χ1n) is 6.71. The average molecular weight is 365 g/mol. The number of aliphatic hydroxyl groups is 1. The van der Waals surface area contributed by atoms with Crippen LogP contribution in [-0.2, 0) is 6.54 Å². The van der Waals surface area contributed by atoms with Crippen LogP contribution in [0.2, 0.25) is 0 Å². The summed E-state index contributed by atoms with van der Waals surface area (Å²) in [6.07, 6.45) is 2.37. The molecule has 0 aromatic carbocycles. The van der Waals surface area contributed by atoms with Crippen molar-refractivity contribution in [2.45, 2.75) is 55.6 Å². The van der Waals surface area contributed by atoms with Crippen molar-refractivity contribution in [3.63, 3.8) is 0 Å². The molecule has 1 fully saturated rings. The molecule has 1 aromatic heterocycles. The van der Waals surface area contributed by atoms with Crippen LogP contribution in [0, 0.1) is 0 Å². The summed E-state index contributed by atoms with van der Waals surface area (Å²) in [4.78, 5) is 0. The third kappa shape index (κ3) is 3.52. The van der Waals surface area contributed by atoms with Crippen LogP contribution in [0.5, 0.6) is 0 Å². The molecule has 2 heterocycles. The zero-order valence-corrected chi connectivity index (χ0v) is 14.8. The van der Waals surface area contributed by atoms with Crippen molar-refractivity contribution in [1.82, 2.24) is 9.78 Å². The second-order valence-corrected chi connectivity index (χ2v) is 8.85. The largest absolute Gasteiger partial charge is 0.386 e. The highest BCUT2D eigenvalue weighted by molar-refractivity contribution is 9.10. The lowest BCUT2D eigenvalue weighted by molar-refractivity contribution is 0.167. The van der Waals surface area contributed by atoms with Gasteiger partial charge in [0, 0.05) is 28.0 Å². The molecule has 1 aromatic rings. The summed E-state index contributed by atoms with van der Waals surface area (Å²) in [5.41, 5.74) is 0.932. The highest BCUT2D eigenvalue weighted by atomic mass is 79.9. The van der Waals surface area contributed by atoms with Gasteiger partial charge in [0.25, 0.3) is 0 Å². The molecule has 0 aliphatic carbocycles. The minimum absolute atomic E-state index is 0.250. The first-order chi connectivity index (χ1) is 9.04. The van der Waals surface area contributed by atoms with Gasteiger partial charge in [0.2, 0.25) is 0 Å². The molecular formula is C13H21BrN2OS2. The number of hydrogen-bond donors (Lipinski definition) is 1. The Morgan fingerprint density at radius 3 is 2.89 bits per heavy atom. The Morgan fingerprint density at radius 2 is 2.26 bits per heavy atom. The Kier molecular flexibility index (Phi) is 5.69. The van der Waals surface area contributed by atoms with E-state index in [2.05, 4.69) is 41.8 Å². The maximum atomic E-state index is 10.7. The number of hydrogen-bond acceptors (Lipinski definition) is 4. The fraction of sp³-hybridized carbons (Fsp3) is 0.769. The lowest BCUT2D eigenvalue weighted by Crippen LogP contribution is -2.31. The number of rotatable bonds is 4. The van der Waals surface area contributed by atoms with Crippen molar-refractivity contribution in [2.75, 3.05) is 5.75 Å². The van der Waals surface area contributed by atoms with Gasteiger partial charge in [-0.1, -0.05) is 20.8 Å². The third-order valence-corrected chi connectivity index (χ3v) is 7.57. The van der Waals surface area contributed by atoms with Crippen LogP contribution in [0.1, 0.15) is 39.0 Å². The number of nitrogens with zero attached hydrogens (tertiary/aromatic N) is 2. The van der Waals surface area contributed by atoms with Crippen LogP contribution in [0.25, 0.3) is 0 Å². The maximum Gasteiger partial charge on any atom is 0.109 e. The maximum absolute atomic E-state index is 10.7. The molecule has 3 nitrogen and oxygen atoms in total. The van der Waals surface area contributed by atoms with E-state index in [0.717, 1.165) is 28.9 Å². The van der Waals surface area contributed by atoms with Crippen molar-refractivity contribution in [1.29, 1.82) is 0 Å². The molecule has 108 valence electrons. The predicted octanol–water partition coefficient (Wildman–Crippen LogP) is 3.71. The lowest BCUT2D eigenvalue weighted by atomic mass is 10.2. The summed E-state index contributed by atoms with van der Waals surface area (Å²) < 4.78 is 2.85. The van der Waals surface area contributed by atoms with Crippen LogP contribution in [0.4, 0.5) is 0 Å². The standard InChI is InChI=1S/C13H21BrN2OS2/c1-4-5-16-12(10(14)6-15-16)13(17)11-7-18-8(2)9(3)19-11/h6,8-9,11,13,17H,4-5,7H2,1-3H3. The Labute approximate surface area is 132 Å². The van der Waals surface area contributed by atoms with Gasteiger partial charge in [-0.25, -0.2) is 0 Å². The highest BCUT2D eigenvalue weighted by Crippen LogP contribution is 2.42. The van der Waals surface area contributed by atoms with Gasteiger partial charge < -0.3 is 5.11 Å². The first-order valence-corrected chi connectivity index (χ1v) is 9.49. The molecule has 0 saturated carbocycles. The fourth-order valence-corrected chi connectivity index (χ4v) is 5.71. The Morgan fingerprint density at radius 1 is 1.53 bits per heavy atom. The second kappa shape index (κ2) is 6.87. The molecule has 1 aliphatic heterocycles. The van der Waals surface area contributed by atoms with Crippen molar-refractivity contribution in [2.24, 2.45) is 0 Å². The van der Waals surface area contributed by atoms with E-state index in [1.54, 1.807) is 6.20 Å². The van der Waals surface area contributed by atoms with Crippen LogP contribution < -0.4 is 0 Å². The molecule has 0 radical (unpaired) electrons.